The van der Waals surface area contributed by atoms with Gasteiger partial charge >= 0.3 is 0 Å². The number of fused-ring (bicyclic) bond motifs is 1. The average Bonchev–Trinajstić information content (AvgIpc) is 2.77. The first-order valence-electron chi connectivity index (χ1n) is 7.56. The van der Waals surface area contributed by atoms with Crippen LogP contribution in [0.4, 0.5) is 0 Å². The van der Waals surface area contributed by atoms with Crippen LogP contribution in [-0.4, -0.2) is 22.6 Å². The summed E-state index contributed by atoms with van der Waals surface area (Å²) in [6.07, 6.45) is 0. The number of hydrogen-bond donors (Lipinski definition) is 0. The first kappa shape index (κ1) is 15.8. The molecule has 3 nitrogen and oxygen atoms in total. The molecule has 0 unspecified atom stereocenters. The lowest BCUT2D eigenvalue weighted by Crippen LogP contribution is -2.29. The molecule has 2 amide bonds. The molecule has 0 saturated heterocycles. The standard InChI is InChI=1S/C19H19NO2S/c1-19(2,3)13-8-10-14(11-9-13)23-12-20-17(21)15-6-4-5-7-16(15)18(20)22/h4-11H,12H2,1-3H3. The van der Waals surface area contributed by atoms with E-state index in [-0.39, 0.29) is 17.2 Å². The molecule has 1 heterocycles. The minimum atomic E-state index is -0.204. The Balaban J connectivity index is 1.70. The van der Waals surface area contributed by atoms with Crippen LogP contribution in [-0.2, 0) is 5.41 Å². The Morgan fingerprint density at radius 2 is 1.39 bits per heavy atom. The number of rotatable bonds is 3. The second-order valence-electron chi connectivity index (χ2n) is 6.63. The van der Waals surface area contributed by atoms with Crippen molar-refractivity contribution in [2.45, 2.75) is 31.1 Å². The van der Waals surface area contributed by atoms with Crippen molar-refractivity contribution in [3.63, 3.8) is 0 Å². The zero-order valence-corrected chi connectivity index (χ0v) is 14.3. The molecule has 4 heteroatoms. The fraction of sp³-hybridized carbons (Fsp3) is 0.263. The summed E-state index contributed by atoms with van der Waals surface area (Å²) >= 11 is 1.50. The highest BCUT2D eigenvalue weighted by Crippen LogP contribution is 2.29. The van der Waals surface area contributed by atoms with E-state index in [4.69, 9.17) is 0 Å². The van der Waals surface area contributed by atoms with Crippen LogP contribution in [0.3, 0.4) is 0 Å². The Morgan fingerprint density at radius 1 is 0.870 bits per heavy atom. The van der Waals surface area contributed by atoms with Gasteiger partial charge in [-0.15, -0.1) is 11.8 Å². The van der Waals surface area contributed by atoms with E-state index in [1.807, 2.05) is 12.1 Å². The highest BCUT2D eigenvalue weighted by atomic mass is 32.2. The van der Waals surface area contributed by atoms with Gasteiger partial charge in [0.15, 0.2) is 0 Å². The summed E-state index contributed by atoms with van der Waals surface area (Å²) in [6, 6.07) is 15.3. The van der Waals surface area contributed by atoms with Crippen LogP contribution >= 0.6 is 11.8 Å². The third-order valence-corrected chi connectivity index (χ3v) is 4.95. The molecule has 0 saturated carbocycles. The average molecular weight is 325 g/mol. The number of nitrogens with zero attached hydrogens (tertiary/aromatic N) is 1. The van der Waals surface area contributed by atoms with Crippen LogP contribution in [0.5, 0.6) is 0 Å². The van der Waals surface area contributed by atoms with Crippen LogP contribution in [0, 0.1) is 0 Å². The predicted octanol–water partition coefficient (Wildman–Crippen LogP) is 4.33. The first-order chi connectivity index (χ1) is 10.9. The van der Waals surface area contributed by atoms with Gasteiger partial charge in [-0.2, -0.15) is 0 Å². The monoisotopic (exact) mass is 325 g/mol. The molecule has 1 aliphatic heterocycles. The van der Waals surface area contributed by atoms with Gasteiger partial charge in [-0.3, -0.25) is 14.5 Å². The summed E-state index contributed by atoms with van der Waals surface area (Å²) in [4.78, 5) is 27.0. The van der Waals surface area contributed by atoms with Gasteiger partial charge in [0.2, 0.25) is 0 Å². The van der Waals surface area contributed by atoms with E-state index in [1.54, 1.807) is 24.3 Å². The SMILES string of the molecule is CC(C)(C)c1ccc(SCN2C(=O)c3ccccc3C2=O)cc1. The molecule has 0 spiro atoms. The van der Waals surface area contributed by atoms with Gasteiger partial charge in [0.05, 0.1) is 17.0 Å². The van der Waals surface area contributed by atoms with Crippen molar-refractivity contribution < 1.29 is 9.59 Å². The summed E-state index contributed by atoms with van der Waals surface area (Å²) in [5.74, 6) is -0.0740. The summed E-state index contributed by atoms with van der Waals surface area (Å²) in [6.45, 7) is 6.52. The van der Waals surface area contributed by atoms with E-state index in [9.17, 15) is 9.59 Å². The Labute approximate surface area is 140 Å². The molecular weight excluding hydrogens is 306 g/mol. The van der Waals surface area contributed by atoms with Crippen molar-refractivity contribution in [3.8, 4) is 0 Å². The van der Waals surface area contributed by atoms with Crippen molar-refractivity contribution in [1.29, 1.82) is 0 Å². The minimum absolute atomic E-state index is 0.117. The lowest BCUT2D eigenvalue weighted by Gasteiger charge is -2.19. The minimum Gasteiger partial charge on any atom is -0.269 e. The molecule has 0 N–H and O–H groups in total. The molecule has 0 bridgehead atoms. The van der Waals surface area contributed by atoms with Gasteiger partial charge in [-0.25, -0.2) is 0 Å². The highest BCUT2D eigenvalue weighted by molar-refractivity contribution is 7.99. The Morgan fingerprint density at radius 3 is 1.87 bits per heavy atom. The molecular formula is C19H19NO2S. The number of amides is 2. The molecule has 0 fully saturated rings. The Kier molecular flexibility index (Phi) is 4.02. The first-order valence-corrected chi connectivity index (χ1v) is 8.55. The van der Waals surface area contributed by atoms with Crippen molar-refractivity contribution >= 4 is 23.6 Å². The summed E-state index contributed by atoms with van der Waals surface area (Å²) in [5.41, 5.74) is 2.39. The summed E-state index contributed by atoms with van der Waals surface area (Å²) in [5, 5.41) is 0. The molecule has 118 valence electrons. The smallest absolute Gasteiger partial charge is 0.262 e. The Hall–Kier alpha value is -2.07. The maximum atomic E-state index is 12.3. The number of carbonyl (C=O) groups is 2. The van der Waals surface area contributed by atoms with E-state index < -0.39 is 0 Å². The van der Waals surface area contributed by atoms with Crippen molar-refractivity contribution in [2.75, 3.05) is 5.88 Å². The van der Waals surface area contributed by atoms with Crippen LogP contribution < -0.4 is 0 Å². The molecule has 0 aliphatic carbocycles. The maximum Gasteiger partial charge on any atom is 0.262 e. The zero-order valence-electron chi connectivity index (χ0n) is 13.5. The molecule has 1 aliphatic rings. The molecule has 23 heavy (non-hydrogen) atoms. The van der Waals surface area contributed by atoms with E-state index in [1.165, 1.54) is 22.2 Å². The van der Waals surface area contributed by atoms with E-state index >= 15 is 0 Å². The molecule has 0 radical (unpaired) electrons. The second-order valence-corrected chi connectivity index (χ2v) is 7.65. The largest absolute Gasteiger partial charge is 0.269 e. The van der Waals surface area contributed by atoms with Gasteiger partial charge < -0.3 is 0 Å². The lowest BCUT2D eigenvalue weighted by molar-refractivity contribution is 0.0684. The van der Waals surface area contributed by atoms with Crippen LogP contribution in [0.2, 0.25) is 0 Å². The third-order valence-electron chi connectivity index (χ3n) is 3.96. The van der Waals surface area contributed by atoms with Gasteiger partial charge in [0.1, 0.15) is 0 Å². The highest BCUT2D eigenvalue weighted by Gasteiger charge is 2.34. The fourth-order valence-electron chi connectivity index (χ4n) is 2.55. The van der Waals surface area contributed by atoms with Crippen molar-refractivity contribution in [2.24, 2.45) is 0 Å². The van der Waals surface area contributed by atoms with Gasteiger partial charge in [0, 0.05) is 4.90 Å². The van der Waals surface area contributed by atoms with Gasteiger partial charge in [0.25, 0.3) is 11.8 Å². The molecule has 2 aromatic carbocycles. The summed E-state index contributed by atoms with van der Waals surface area (Å²) in [7, 11) is 0. The predicted molar refractivity (Wildman–Crippen MR) is 92.8 cm³/mol. The summed E-state index contributed by atoms with van der Waals surface area (Å²) < 4.78 is 0. The van der Waals surface area contributed by atoms with Crippen LogP contribution in [0.25, 0.3) is 0 Å². The number of carbonyl (C=O) groups excluding carboxylic acids is 2. The Bertz CT molecular complexity index is 725. The second kappa shape index (κ2) is 5.85. The fourth-order valence-corrected chi connectivity index (χ4v) is 3.39. The molecule has 0 aromatic heterocycles. The van der Waals surface area contributed by atoms with Gasteiger partial charge in [-0.1, -0.05) is 45.0 Å². The quantitative estimate of drug-likeness (QED) is 0.622. The topological polar surface area (TPSA) is 37.4 Å². The maximum absolute atomic E-state index is 12.3. The van der Waals surface area contributed by atoms with Crippen LogP contribution in [0.1, 0.15) is 47.1 Å². The molecule has 0 atom stereocenters. The normalized spacial score (nSPS) is 14.3. The van der Waals surface area contributed by atoms with E-state index in [2.05, 4.69) is 32.9 Å². The van der Waals surface area contributed by atoms with E-state index in [0.29, 0.717) is 17.0 Å². The number of imide groups is 1. The van der Waals surface area contributed by atoms with Crippen molar-refractivity contribution in [3.05, 3.63) is 65.2 Å². The zero-order chi connectivity index (χ0) is 16.6. The van der Waals surface area contributed by atoms with Crippen LogP contribution in [0.15, 0.2) is 53.4 Å². The number of benzene rings is 2. The van der Waals surface area contributed by atoms with Gasteiger partial charge in [-0.05, 0) is 35.2 Å². The lowest BCUT2D eigenvalue weighted by atomic mass is 9.87. The molecule has 3 rings (SSSR count). The number of thioether (sulfide) groups is 1. The van der Waals surface area contributed by atoms with Crippen molar-refractivity contribution in [1.82, 2.24) is 4.90 Å². The number of hydrogen-bond acceptors (Lipinski definition) is 3. The third kappa shape index (κ3) is 3.04. The van der Waals surface area contributed by atoms with E-state index in [0.717, 1.165) is 4.90 Å². The molecule has 2 aromatic rings.